The summed E-state index contributed by atoms with van der Waals surface area (Å²) in [6.07, 6.45) is 0.372. The van der Waals surface area contributed by atoms with Gasteiger partial charge in [-0.1, -0.05) is 0 Å². The first-order chi connectivity index (χ1) is 14.4. The van der Waals surface area contributed by atoms with Crippen molar-refractivity contribution in [3.05, 3.63) is 42.5 Å². The zero-order chi connectivity index (χ0) is 22.1. The van der Waals surface area contributed by atoms with Gasteiger partial charge in [0.15, 0.2) is 11.5 Å². The fraction of sp³-hybridized carbons (Fsp3) is 0.350. The van der Waals surface area contributed by atoms with Gasteiger partial charge in [-0.15, -0.1) is 0 Å². The van der Waals surface area contributed by atoms with Crippen LogP contribution in [0.15, 0.2) is 47.4 Å². The van der Waals surface area contributed by atoms with E-state index in [-0.39, 0.29) is 23.8 Å². The Morgan fingerprint density at radius 2 is 1.67 bits per heavy atom. The standard InChI is InChI=1S/C20H26N2O7S/c1-27-16-7-5-15(6-8-16)22(14-20(24)21-11-4-12-23)30(25,26)17-9-10-18(28-2)19(13-17)29-3/h5-10,13,23H,4,11-12,14H2,1-3H3,(H,21,24). The average Bonchev–Trinajstić information content (AvgIpc) is 2.77. The number of ether oxygens (including phenoxy) is 3. The Hall–Kier alpha value is -2.98. The number of amides is 1. The number of methoxy groups -OCH3 is 3. The highest BCUT2D eigenvalue weighted by Gasteiger charge is 2.28. The fourth-order valence-corrected chi connectivity index (χ4v) is 4.10. The number of nitrogens with zero attached hydrogens (tertiary/aromatic N) is 1. The van der Waals surface area contributed by atoms with Crippen molar-refractivity contribution in [2.75, 3.05) is 45.3 Å². The lowest BCUT2D eigenvalue weighted by Gasteiger charge is -2.24. The number of benzene rings is 2. The van der Waals surface area contributed by atoms with Crippen LogP contribution < -0.4 is 23.8 Å². The first-order valence-electron chi connectivity index (χ1n) is 9.13. The highest BCUT2D eigenvalue weighted by Crippen LogP contribution is 2.32. The van der Waals surface area contributed by atoms with Crippen LogP contribution in [0, 0.1) is 0 Å². The second-order valence-electron chi connectivity index (χ2n) is 6.15. The molecule has 164 valence electrons. The Morgan fingerprint density at radius 3 is 2.23 bits per heavy atom. The van der Waals surface area contributed by atoms with E-state index in [0.29, 0.717) is 23.6 Å². The molecule has 0 spiro atoms. The van der Waals surface area contributed by atoms with Crippen molar-refractivity contribution >= 4 is 21.6 Å². The molecule has 2 rings (SSSR count). The second-order valence-corrected chi connectivity index (χ2v) is 8.02. The van der Waals surface area contributed by atoms with Crippen molar-refractivity contribution in [3.8, 4) is 17.2 Å². The van der Waals surface area contributed by atoms with Crippen molar-refractivity contribution < 1.29 is 32.5 Å². The molecule has 0 saturated carbocycles. The minimum absolute atomic E-state index is 0.0564. The quantitative estimate of drug-likeness (QED) is 0.510. The van der Waals surface area contributed by atoms with Crippen molar-refractivity contribution in [3.63, 3.8) is 0 Å². The summed E-state index contributed by atoms with van der Waals surface area (Å²) in [7, 11) is 0.249. The van der Waals surface area contributed by atoms with Gasteiger partial charge in [-0.05, 0) is 42.8 Å². The number of rotatable bonds is 11. The van der Waals surface area contributed by atoms with E-state index in [9.17, 15) is 13.2 Å². The van der Waals surface area contributed by atoms with Gasteiger partial charge >= 0.3 is 0 Å². The van der Waals surface area contributed by atoms with E-state index in [2.05, 4.69) is 5.32 Å². The summed E-state index contributed by atoms with van der Waals surface area (Å²) in [5.41, 5.74) is 0.294. The smallest absolute Gasteiger partial charge is 0.264 e. The molecule has 2 aromatic carbocycles. The molecule has 0 aliphatic heterocycles. The van der Waals surface area contributed by atoms with E-state index >= 15 is 0 Å². The molecule has 30 heavy (non-hydrogen) atoms. The molecule has 0 radical (unpaired) electrons. The number of aliphatic hydroxyl groups excluding tert-OH is 1. The van der Waals surface area contributed by atoms with Crippen LogP contribution in [0.4, 0.5) is 5.69 Å². The van der Waals surface area contributed by atoms with E-state index < -0.39 is 22.5 Å². The van der Waals surface area contributed by atoms with Crippen LogP contribution in [0.25, 0.3) is 0 Å². The lowest BCUT2D eigenvalue weighted by atomic mass is 10.3. The number of nitrogens with one attached hydrogen (secondary N) is 1. The van der Waals surface area contributed by atoms with Gasteiger partial charge in [-0.2, -0.15) is 0 Å². The summed E-state index contributed by atoms with van der Waals surface area (Å²) in [5.74, 6) is 0.688. The Kier molecular flexibility index (Phi) is 8.31. The highest BCUT2D eigenvalue weighted by atomic mass is 32.2. The number of hydrogen-bond acceptors (Lipinski definition) is 7. The third-order valence-electron chi connectivity index (χ3n) is 4.25. The molecule has 0 aromatic heterocycles. The van der Waals surface area contributed by atoms with Gasteiger partial charge in [0.05, 0.1) is 31.9 Å². The summed E-state index contributed by atoms with van der Waals surface area (Å²) in [6, 6.07) is 10.5. The van der Waals surface area contributed by atoms with Gasteiger partial charge in [0, 0.05) is 19.2 Å². The topological polar surface area (TPSA) is 114 Å². The lowest BCUT2D eigenvalue weighted by molar-refractivity contribution is -0.119. The van der Waals surface area contributed by atoms with Gasteiger partial charge in [0.1, 0.15) is 12.3 Å². The van der Waals surface area contributed by atoms with Crippen molar-refractivity contribution in [1.82, 2.24) is 5.32 Å². The minimum atomic E-state index is -4.11. The lowest BCUT2D eigenvalue weighted by Crippen LogP contribution is -2.41. The highest BCUT2D eigenvalue weighted by molar-refractivity contribution is 7.92. The predicted octanol–water partition coefficient (Wildman–Crippen LogP) is 1.41. The number of sulfonamides is 1. The third kappa shape index (κ3) is 5.55. The summed E-state index contributed by atoms with van der Waals surface area (Å²) in [5, 5.41) is 11.5. The molecular formula is C20H26N2O7S. The van der Waals surface area contributed by atoms with E-state index in [4.69, 9.17) is 19.3 Å². The normalized spacial score (nSPS) is 10.9. The number of anilines is 1. The first-order valence-corrected chi connectivity index (χ1v) is 10.6. The van der Waals surface area contributed by atoms with Gasteiger partial charge in [0.2, 0.25) is 5.91 Å². The van der Waals surface area contributed by atoms with Crippen LogP contribution in [-0.2, 0) is 14.8 Å². The Labute approximate surface area is 176 Å². The van der Waals surface area contributed by atoms with Crippen molar-refractivity contribution in [1.29, 1.82) is 0 Å². The van der Waals surface area contributed by atoms with Crippen LogP contribution in [0.3, 0.4) is 0 Å². The number of carbonyl (C=O) groups is 1. The summed E-state index contributed by atoms with van der Waals surface area (Å²) < 4.78 is 43.3. The molecule has 2 N–H and O–H groups in total. The molecule has 0 bridgehead atoms. The molecule has 0 aliphatic carbocycles. The molecule has 0 aliphatic rings. The zero-order valence-corrected chi connectivity index (χ0v) is 17.9. The molecule has 0 atom stereocenters. The summed E-state index contributed by atoms with van der Waals surface area (Å²) >= 11 is 0. The van der Waals surface area contributed by atoms with Crippen molar-refractivity contribution in [2.24, 2.45) is 0 Å². The second kappa shape index (κ2) is 10.7. The summed E-state index contributed by atoms with van der Waals surface area (Å²) in [4.78, 5) is 12.3. The van der Waals surface area contributed by atoms with Crippen molar-refractivity contribution in [2.45, 2.75) is 11.3 Å². The molecule has 0 unspecified atom stereocenters. The largest absolute Gasteiger partial charge is 0.497 e. The molecule has 0 saturated heterocycles. The molecule has 1 amide bonds. The van der Waals surface area contributed by atoms with Gasteiger partial charge in [0.25, 0.3) is 10.0 Å². The maximum absolute atomic E-state index is 13.4. The third-order valence-corrected chi connectivity index (χ3v) is 6.02. The zero-order valence-electron chi connectivity index (χ0n) is 17.1. The number of carbonyl (C=O) groups excluding carboxylic acids is 1. The average molecular weight is 439 g/mol. The van der Waals surface area contributed by atoms with Crippen LogP contribution in [-0.4, -0.2) is 60.5 Å². The molecule has 2 aromatic rings. The molecule has 0 heterocycles. The van der Waals surface area contributed by atoms with E-state index in [1.165, 1.54) is 39.5 Å². The molecule has 10 heteroatoms. The Morgan fingerprint density at radius 1 is 1.00 bits per heavy atom. The molecule has 9 nitrogen and oxygen atoms in total. The molecule has 0 fully saturated rings. The maximum atomic E-state index is 13.4. The summed E-state index contributed by atoms with van der Waals surface area (Å²) in [6.45, 7) is -0.275. The number of hydrogen-bond donors (Lipinski definition) is 2. The monoisotopic (exact) mass is 438 g/mol. The minimum Gasteiger partial charge on any atom is -0.497 e. The Balaban J connectivity index is 2.44. The van der Waals surface area contributed by atoms with Gasteiger partial charge in [-0.3, -0.25) is 9.10 Å². The Bertz CT molecular complexity index is 946. The van der Waals surface area contributed by atoms with Crippen LogP contribution >= 0.6 is 0 Å². The van der Waals surface area contributed by atoms with E-state index in [1.807, 2.05) is 0 Å². The SMILES string of the molecule is COc1ccc(N(CC(=O)NCCCO)S(=O)(=O)c2ccc(OC)c(OC)c2)cc1. The maximum Gasteiger partial charge on any atom is 0.264 e. The van der Waals surface area contributed by atoms with Crippen LogP contribution in [0.5, 0.6) is 17.2 Å². The van der Waals surface area contributed by atoms with Crippen LogP contribution in [0.1, 0.15) is 6.42 Å². The van der Waals surface area contributed by atoms with E-state index in [0.717, 1.165) is 4.31 Å². The number of aliphatic hydroxyl groups is 1. The van der Waals surface area contributed by atoms with E-state index in [1.54, 1.807) is 24.3 Å². The van der Waals surface area contributed by atoms with Gasteiger partial charge in [-0.25, -0.2) is 8.42 Å². The first kappa shape index (κ1) is 23.3. The molecular weight excluding hydrogens is 412 g/mol. The van der Waals surface area contributed by atoms with Crippen LogP contribution in [0.2, 0.25) is 0 Å². The predicted molar refractivity (Wildman–Crippen MR) is 112 cm³/mol. The van der Waals surface area contributed by atoms with Gasteiger partial charge < -0.3 is 24.6 Å². The fourth-order valence-electron chi connectivity index (χ4n) is 2.66.